The van der Waals surface area contributed by atoms with Gasteiger partial charge in [0.2, 0.25) is 0 Å². The van der Waals surface area contributed by atoms with Gasteiger partial charge in [0, 0.05) is 18.5 Å². The van der Waals surface area contributed by atoms with Crippen LogP contribution < -0.4 is 14.8 Å². The van der Waals surface area contributed by atoms with E-state index in [9.17, 15) is 0 Å². The summed E-state index contributed by atoms with van der Waals surface area (Å²) in [5, 5.41) is 8.64. The summed E-state index contributed by atoms with van der Waals surface area (Å²) in [4.78, 5) is 0. The number of fused-ring (bicyclic) bond motifs is 1. The first-order valence-corrected chi connectivity index (χ1v) is 10.00. The van der Waals surface area contributed by atoms with Crippen LogP contribution >= 0.6 is 0 Å². The van der Waals surface area contributed by atoms with Gasteiger partial charge in [0.05, 0.1) is 19.4 Å². The summed E-state index contributed by atoms with van der Waals surface area (Å²) in [5.74, 6) is 2.83. The second-order valence-electron chi connectivity index (χ2n) is 7.00. The molecule has 0 aliphatic carbocycles. The lowest BCUT2D eigenvalue weighted by molar-refractivity contribution is 0.338. The van der Waals surface area contributed by atoms with E-state index in [1.54, 1.807) is 7.11 Å². The quantitative estimate of drug-likeness (QED) is 0.681. The van der Waals surface area contributed by atoms with Gasteiger partial charge >= 0.3 is 0 Å². The fourth-order valence-corrected chi connectivity index (χ4v) is 3.78. The van der Waals surface area contributed by atoms with Crippen LogP contribution in [-0.2, 0) is 12.8 Å². The maximum Gasteiger partial charge on any atom is 0.145 e. The lowest BCUT2D eigenvalue weighted by Gasteiger charge is -2.13. The second-order valence-corrected chi connectivity index (χ2v) is 7.00. The Morgan fingerprint density at radius 2 is 2.00 bits per heavy atom. The van der Waals surface area contributed by atoms with E-state index < -0.39 is 0 Å². The van der Waals surface area contributed by atoms with E-state index in [0.29, 0.717) is 6.61 Å². The van der Waals surface area contributed by atoms with Crippen molar-refractivity contribution in [2.24, 2.45) is 0 Å². The standard InChI is InChI=1S/C23H27N3O2/c1-3-28-22-13-5-4-12-21(22)26-23-19(11-6-7-14-24-23)20(25-26)16-17-9-8-10-18(15-17)27-2/h4-5,8-10,12-13,15,24H,3,6-7,11,14,16H2,1-2H3. The van der Waals surface area contributed by atoms with E-state index in [0.717, 1.165) is 48.1 Å². The number of nitrogens with one attached hydrogen (secondary N) is 1. The summed E-state index contributed by atoms with van der Waals surface area (Å²) >= 11 is 0. The van der Waals surface area contributed by atoms with Crippen LogP contribution in [0.15, 0.2) is 48.5 Å². The highest BCUT2D eigenvalue weighted by Gasteiger charge is 2.22. The van der Waals surface area contributed by atoms with E-state index in [4.69, 9.17) is 14.6 Å². The number of hydrogen-bond acceptors (Lipinski definition) is 4. The number of ether oxygens (including phenoxy) is 2. The minimum absolute atomic E-state index is 0.630. The Labute approximate surface area is 166 Å². The average Bonchev–Trinajstić information content (AvgIpc) is 2.90. The third-order valence-electron chi connectivity index (χ3n) is 5.11. The first-order valence-electron chi connectivity index (χ1n) is 10.00. The van der Waals surface area contributed by atoms with Crippen molar-refractivity contribution in [3.8, 4) is 17.2 Å². The lowest BCUT2D eigenvalue weighted by atomic mass is 10.0. The predicted octanol–water partition coefficient (Wildman–Crippen LogP) is 4.62. The predicted molar refractivity (Wildman–Crippen MR) is 112 cm³/mol. The molecule has 0 bridgehead atoms. The molecule has 0 saturated carbocycles. The summed E-state index contributed by atoms with van der Waals surface area (Å²) in [5.41, 5.74) is 4.61. The molecule has 1 aliphatic rings. The van der Waals surface area contributed by atoms with Gasteiger partial charge in [-0.05, 0) is 56.0 Å². The topological polar surface area (TPSA) is 48.3 Å². The molecule has 0 spiro atoms. The third kappa shape index (κ3) is 3.70. The van der Waals surface area contributed by atoms with Crippen molar-refractivity contribution in [1.82, 2.24) is 9.78 Å². The molecule has 0 atom stereocenters. The van der Waals surface area contributed by atoms with E-state index in [-0.39, 0.29) is 0 Å². The number of hydrogen-bond donors (Lipinski definition) is 1. The molecule has 2 aromatic carbocycles. The normalized spacial score (nSPS) is 13.4. The molecule has 3 aromatic rings. The van der Waals surface area contributed by atoms with Crippen LogP contribution in [0.25, 0.3) is 5.69 Å². The molecule has 146 valence electrons. The van der Waals surface area contributed by atoms with Crippen LogP contribution in [0.2, 0.25) is 0 Å². The summed E-state index contributed by atoms with van der Waals surface area (Å²) in [6, 6.07) is 16.3. The van der Waals surface area contributed by atoms with Gasteiger partial charge in [-0.15, -0.1) is 0 Å². The Kier molecular flexibility index (Phi) is 5.51. The highest BCUT2D eigenvalue weighted by Crippen LogP contribution is 2.33. The summed E-state index contributed by atoms with van der Waals surface area (Å²) < 4.78 is 13.3. The Morgan fingerprint density at radius 1 is 1.11 bits per heavy atom. The Balaban J connectivity index is 1.78. The molecule has 0 radical (unpaired) electrons. The Bertz CT molecular complexity index is 949. The highest BCUT2D eigenvalue weighted by atomic mass is 16.5. The number of aromatic nitrogens is 2. The van der Waals surface area contributed by atoms with Crippen LogP contribution in [0.1, 0.15) is 36.6 Å². The maximum atomic E-state index is 5.87. The van der Waals surface area contributed by atoms with Gasteiger partial charge < -0.3 is 14.8 Å². The molecule has 0 saturated heterocycles. The first-order chi connectivity index (χ1) is 13.8. The third-order valence-corrected chi connectivity index (χ3v) is 5.11. The number of methoxy groups -OCH3 is 1. The molecular weight excluding hydrogens is 350 g/mol. The van der Waals surface area contributed by atoms with Crippen LogP contribution in [0.4, 0.5) is 5.82 Å². The SMILES string of the molecule is CCOc1ccccc1-n1nc(Cc2cccc(OC)c2)c2c1NCCCC2. The number of para-hydroxylation sites is 2. The van der Waals surface area contributed by atoms with Crippen molar-refractivity contribution in [2.45, 2.75) is 32.6 Å². The molecule has 4 rings (SSSR count). The zero-order valence-corrected chi connectivity index (χ0v) is 16.6. The fraction of sp³-hybridized carbons (Fsp3) is 0.348. The lowest BCUT2D eigenvalue weighted by Crippen LogP contribution is -2.08. The summed E-state index contributed by atoms with van der Waals surface area (Å²) in [6.45, 7) is 3.60. The van der Waals surface area contributed by atoms with E-state index in [1.165, 1.54) is 24.0 Å². The van der Waals surface area contributed by atoms with Gasteiger partial charge in [0.1, 0.15) is 23.0 Å². The molecule has 28 heavy (non-hydrogen) atoms. The maximum absolute atomic E-state index is 5.87. The van der Waals surface area contributed by atoms with E-state index >= 15 is 0 Å². The van der Waals surface area contributed by atoms with Gasteiger partial charge in [0.25, 0.3) is 0 Å². The summed E-state index contributed by atoms with van der Waals surface area (Å²) in [7, 11) is 1.70. The second kappa shape index (κ2) is 8.38. The number of rotatable bonds is 6. The van der Waals surface area contributed by atoms with Crippen molar-refractivity contribution in [1.29, 1.82) is 0 Å². The number of benzene rings is 2. The largest absolute Gasteiger partial charge is 0.497 e. The number of anilines is 1. The molecule has 1 aliphatic heterocycles. The van der Waals surface area contributed by atoms with Gasteiger partial charge in [0.15, 0.2) is 0 Å². The molecule has 5 heteroatoms. The monoisotopic (exact) mass is 377 g/mol. The van der Waals surface area contributed by atoms with Crippen LogP contribution in [0.5, 0.6) is 11.5 Å². The van der Waals surface area contributed by atoms with Crippen molar-refractivity contribution in [3.05, 3.63) is 65.4 Å². The van der Waals surface area contributed by atoms with Crippen LogP contribution in [0, 0.1) is 0 Å². The van der Waals surface area contributed by atoms with Crippen molar-refractivity contribution in [2.75, 3.05) is 25.6 Å². The van der Waals surface area contributed by atoms with Crippen molar-refractivity contribution < 1.29 is 9.47 Å². The minimum Gasteiger partial charge on any atom is -0.497 e. The Hall–Kier alpha value is -2.95. The van der Waals surface area contributed by atoms with E-state index in [1.807, 2.05) is 41.9 Å². The van der Waals surface area contributed by atoms with Crippen molar-refractivity contribution >= 4 is 5.82 Å². The smallest absolute Gasteiger partial charge is 0.145 e. The molecule has 0 amide bonds. The molecule has 5 nitrogen and oxygen atoms in total. The Morgan fingerprint density at radius 3 is 2.86 bits per heavy atom. The fourth-order valence-electron chi connectivity index (χ4n) is 3.78. The molecule has 0 fully saturated rings. The van der Waals surface area contributed by atoms with E-state index in [2.05, 4.69) is 23.5 Å². The van der Waals surface area contributed by atoms with Gasteiger partial charge in [-0.2, -0.15) is 5.10 Å². The zero-order valence-electron chi connectivity index (χ0n) is 16.6. The first kappa shape index (κ1) is 18.4. The van der Waals surface area contributed by atoms with Crippen LogP contribution in [0.3, 0.4) is 0 Å². The van der Waals surface area contributed by atoms with Crippen LogP contribution in [-0.4, -0.2) is 30.0 Å². The average molecular weight is 377 g/mol. The molecule has 2 heterocycles. The molecular formula is C23H27N3O2. The van der Waals surface area contributed by atoms with Gasteiger partial charge in [-0.3, -0.25) is 0 Å². The highest BCUT2D eigenvalue weighted by molar-refractivity contribution is 5.58. The molecule has 1 N–H and O–H groups in total. The minimum atomic E-state index is 0.630. The molecule has 0 unspecified atom stereocenters. The zero-order chi connectivity index (χ0) is 19.3. The van der Waals surface area contributed by atoms with Gasteiger partial charge in [-0.25, -0.2) is 4.68 Å². The number of nitrogens with zero attached hydrogens (tertiary/aromatic N) is 2. The molecule has 1 aromatic heterocycles. The summed E-state index contributed by atoms with van der Waals surface area (Å²) in [6.07, 6.45) is 4.16. The van der Waals surface area contributed by atoms with Gasteiger partial charge in [-0.1, -0.05) is 24.3 Å². The van der Waals surface area contributed by atoms with Crippen molar-refractivity contribution in [3.63, 3.8) is 0 Å².